The van der Waals surface area contributed by atoms with Gasteiger partial charge in [0.1, 0.15) is 5.52 Å². The summed E-state index contributed by atoms with van der Waals surface area (Å²) >= 11 is 0. The van der Waals surface area contributed by atoms with E-state index in [2.05, 4.69) is 15.1 Å². The molecule has 0 aliphatic carbocycles. The number of aryl methyl sites for hydroxylation is 1. The molecule has 1 saturated heterocycles. The number of piperazine rings is 1. The van der Waals surface area contributed by atoms with Crippen molar-refractivity contribution in [1.29, 1.82) is 0 Å². The van der Waals surface area contributed by atoms with Crippen molar-refractivity contribution in [1.82, 2.24) is 24.6 Å². The van der Waals surface area contributed by atoms with Gasteiger partial charge in [0, 0.05) is 63.1 Å². The molecule has 4 rings (SSSR count). The van der Waals surface area contributed by atoms with Gasteiger partial charge in [-0.25, -0.2) is 9.97 Å². The van der Waals surface area contributed by atoms with Gasteiger partial charge in [0.05, 0.1) is 11.1 Å². The van der Waals surface area contributed by atoms with Crippen LogP contribution in [-0.2, 0) is 17.5 Å². The van der Waals surface area contributed by atoms with E-state index in [1.807, 2.05) is 12.3 Å². The number of amides is 2. The van der Waals surface area contributed by atoms with E-state index in [9.17, 15) is 22.8 Å². The van der Waals surface area contributed by atoms with Crippen LogP contribution in [0.3, 0.4) is 0 Å². The summed E-state index contributed by atoms with van der Waals surface area (Å²) in [6.45, 7) is 2.45. The van der Waals surface area contributed by atoms with Gasteiger partial charge in [-0.3, -0.25) is 14.3 Å². The molecule has 2 N–H and O–H groups in total. The number of hydrogen-bond donors (Lipinski definition) is 1. The monoisotopic (exact) mass is 475 g/mol. The van der Waals surface area contributed by atoms with Crippen LogP contribution >= 0.6 is 0 Å². The zero-order valence-electron chi connectivity index (χ0n) is 18.3. The van der Waals surface area contributed by atoms with Crippen LogP contribution in [-0.4, -0.2) is 62.6 Å². The normalized spacial score (nSPS) is 14.6. The number of hydrogen-bond acceptors (Lipinski definition) is 6. The van der Waals surface area contributed by atoms with Gasteiger partial charge in [-0.15, -0.1) is 0 Å². The van der Waals surface area contributed by atoms with Crippen molar-refractivity contribution in [3.05, 3.63) is 47.9 Å². The van der Waals surface area contributed by atoms with Crippen molar-refractivity contribution in [3.8, 4) is 0 Å². The second-order valence-corrected chi connectivity index (χ2v) is 8.09. The molecule has 0 spiro atoms. The highest BCUT2D eigenvalue weighted by atomic mass is 19.4. The topological polar surface area (TPSA) is 110 Å². The Labute approximate surface area is 193 Å². The van der Waals surface area contributed by atoms with E-state index >= 15 is 0 Å². The highest BCUT2D eigenvalue weighted by Crippen LogP contribution is 2.28. The number of fused-ring (bicyclic) bond motifs is 1. The number of unbranched alkanes of at least 4 members (excludes halogenated alkanes) is 1. The second kappa shape index (κ2) is 9.65. The molecule has 3 aromatic rings. The number of rotatable bonds is 7. The van der Waals surface area contributed by atoms with Gasteiger partial charge in [0.2, 0.25) is 11.9 Å². The van der Waals surface area contributed by atoms with Crippen LogP contribution in [0, 0.1) is 0 Å². The number of carbonyl (C=O) groups excluding carboxylic acids is 2. The van der Waals surface area contributed by atoms with Crippen LogP contribution in [0.1, 0.15) is 35.2 Å². The van der Waals surface area contributed by atoms with Gasteiger partial charge in [-0.1, -0.05) is 12.1 Å². The Morgan fingerprint density at radius 2 is 1.74 bits per heavy atom. The molecule has 0 bridgehead atoms. The Hall–Kier alpha value is -3.70. The predicted octanol–water partition coefficient (Wildman–Crippen LogP) is 2.46. The molecular formula is C22H24F3N7O2. The van der Waals surface area contributed by atoms with Crippen LogP contribution in [0.2, 0.25) is 0 Å². The van der Waals surface area contributed by atoms with E-state index in [0.717, 1.165) is 24.2 Å². The van der Waals surface area contributed by atoms with Gasteiger partial charge in [0.15, 0.2) is 0 Å². The number of aromatic nitrogens is 4. The van der Waals surface area contributed by atoms with E-state index in [1.54, 1.807) is 26.6 Å². The minimum absolute atomic E-state index is 0.0367. The first-order chi connectivity index (χ1) is 16.2. The lowest BCUT2D eigenvalue weighted by atomic mass is 10.1. The number of carbonyl (C=O) groups is 2. The quantitative estimate of drug-likeness (QED) is 0.526. The summed E-state index contributed by atoms with van der Waals surface area (Å²) in [7, 11) is 0. The zero-order chi connectivity index (χ0) is 24.3. The third-order valence-corrected chi connectivity index (χ3v) is 5.76. The summed E-state index contributed by atoms with van der Waals surface area (Å²) in [6, 6.07) is 5.27. The summed E-state index contributed by atoms with van der Waals surface area (Å²) in [5.41, 5.74) is 5.46. The lowest BCUT2D eigenvalue weighted by Crippen LogP contribution is -2.49. The van der Waals surface area contributed by atoms with Crippen molar-refractivity contribution in [2.24, 2.45) is 5.73 Å². The Morgan fingerprint density at radius 1 is 1.03 bits per heavy atom. The fraction of sp³-hybridized carbons (Fsp3) is 0.409. The fourth-order valence-electron chi connectivity index (χ4n) is 3.90. The Balaban J connectivity index is 1.22. The van der Waals surface area contributed by atoms with Crippen LogP contribution in [0.5, 0.6) is 0 Å². The maximum atomic E-state index is 12.7. The highest BCUT2D eigenvalue weighted by molar-refractivity contribution is 6.04. The van der Waals surface area contributed by atoms with Crippen LogP contribution < -0.4 is 10.6 Å². The fourth-order valence-corrected chi connectivity index (χ4v) is 3.90. The number of anilines is 1. The molecule has 0 unspecified atom stereocenters. The average molecular weight is 475 g/mol. The molecule has 0 radical (unpaired) electrons. The van der Waals surface area contributed by atoms with Crippen molar-refractivity contribution >= 4 is 28.7 Å². The number of nitrogens with zero attached hydrogens (tertiary/aromatic N) is 6. The van der Waals surface area contributed by atoms with Gasteiger partial charge in [-0.05, 0) is 18.9 Å². The zero-order valence-corrected chi connectivity index (χ0v) is 18.3. The minimum atomic E-state index is -4.47. The molecule has 0 saturated carbocycles. The lowest BCUT2D eigenvalue weighted by Gasteiger charge is -2.34. The van der Waals surface area contributed by atoms with Crippen LogP contribution in [0.25, 0.3) is 10.9 Å². The van der Waals surface area contributed by atoms with Crippen LogP contribution in [0.15, 0.2) is 36.8 Å². The molecule has 0 atom stereocenters. The summed E-state index contributed by atoms with van der Waals surface area (Å²) in [5, 5.41) is 5.27. The van der Waals surface area contributed by atoms with Gasteiger partial charge in [0.25, 0.3) is 5.91 Å². The van der Waals surface area contributed by atoms with Crippen molar-refractivity contribution in [2.45, 2.75) is 32.0 Å². The molecule has 9 nitrogen and oxygen atoms in total. The summed E-state index contributed by atoms with van der Waals surface area (Å²) < 4.78 is 39.7. The molecule has 1 aliphatic heterocycles. The van der Waals surface area contributed by atoms with Crippen molar-refractivity contribution in [2.75, 3.05) is 31.1 Å². The summed E-state index contributed by atoms with van der Waals surface area (Å²) in [5.74, 6) is -0.257. The number of benzene rings is 1. The van der Waals surface area contributed by atoms with E-state index in [-0.39, 0.29) is 11.9 Å². The third kappa shape index (κ3) is 5.26. The molecule has 1 fully saturated rings. The first kappa shape index (κ1) is 23.5. The van der Waals surface area contributed by atoms with Crippen LogP contribution in [0.4, 0.5) is 19.1 Å². The number of nitrogens with two attached hydrogens (primary N) is 1. The summed E-state index contributed by atoms with van der Waals surface area (Å²) in [4.78, 5) is 35.2. The van der Waals surface area contributed by atoms with E-state index in [0.29, 0.717) is 56.6 Å². The number of halogens is 3. The predicted molar refractivity (Wildman–Crippen MR) is 118 cm³/mol. The van der Waals surface area contributed by atoms with E-state index in [1.165, 1.54) is 0 Å². The summed E-state index contributed by atoms with van der Waals surface area (Å²) in [6.07, 6.45) is 0.746. The van der Waals surface area contributed by atoms with Crippen molar-refractivity contribution in [3.63, 3.8) is 0 Å². The molecule has 3 heterocycles. The van der Waals surface area contributed by atoms with Crippen molar-refractivity contribution < 1.29 is 22.8 Å². The Kier molecular flexibility index (Phi) is 6.66. The van der Waals surface area contributed by atoms with Gasteiger partial charge < -0.3 is 15.5 Å². The third-order valence-electron chi connectivity index (χ3n) is 5.76. The number of alkyl halides is 3. The highest BCUT2D eigenvalue weighted by Gasteiger charge is 2.32. The Bertz CT molecular complexity index is 1170. The lowest BCUT2D eigenvalue weighted by molar-refractivity contribution is -0.138. The van der Waals surface area contributed by atoms with E-state index in [4.69, 9.17) is 5.73 Å². The Morgan fingerprint density at radius 3 is 2.38 bits per heavy atom. The average Bonchev–Trinajstić information content (AvgIpc) is 3.24. The minimum Gasteiger partial charge on any atom is -0.366 e. The molecule has 180 valence electrons. The molecule has 2 amide bonds. The molecule has 1 aromatic carbocycles. The molecule has 12 heteroatoms. The maximum Gasteiger partial charge on any atom is 0.419 e. The molecule has 34 heavy (non-hydrogen) atoms. The number of primary amides is 1. The van der Waals surface area contributed by atoms with E-state index < -0.39 is 17.6 Å². The second-order valence-electron chi connectivity index (χ2n) is 8.09. The first-order valence-corrected chi connectivity index (χ1v) is 10.9. The largest absolute Gasteiger partial charge is 0.419 e. The first-order valence-electron chi connectivity index (χ1n) is 10.9. The molecule has 1 aliphatic rings. The maximum absolute atomic E-state index is 12.7. The van der Waals surface area contributed by atoms with Gasteiger partial charge >= 0.3 is 6.18 Å². The molecular weight excluding hydrogens is 451 g/mol. The molecule has 2 aromatic heterocycles. The SMILES string of the molecule is NC(=O)c1cccc2cn(CCCCC(=O)N3CCN(c4ncc(C(F)(F)F)cn4)CC3)nc12. The standard InChI is InChI=1S/C22H24F3N7O2/c23-22(24,25)16-12-27-21(28-13-16)31-10-8-30(9-11-31)18(33)6-1-2-7-32-14-15-4-3-5-17(20(26)34)19(15)29-32/h3-5,12-14H,1-2,6-11H2,(H2,26,34). The van der Waals surface area contributed by atoms with Gasteiger partial charge in [-0.2, -0.15) is 18.3 Å². The smallest absolute Gasteiger partial charge is 0.366 e.